The first kappa shape index (κ1) is 31.4. The smallest absolute Gasteiger partial charge is 0.335 e. The molecule has 0 saturated carbocycles. The molecule has 230 valence electrons. The summed E-state index contributed by atoms with van der Waals surface area (Å²) in [7, 11) is 0. The van der Waals surface area contributed by atoms with Crippen molar-refractivity contribution in [3.63, 3.8) is 0 Å². The standard InChI is InChI=1S/C32H32Cl2FN5O4/c1-20(2)32(42)44-40(31(41)21-6-4-3-5-7-21)30-28(43-15-12-25-26(33)8-9-27(35)29(25)34)16-22(17-37-30)23-18-38-39(19-23)24-10-13-36-14-11-24/h3-9,16-20,24,36H,10-15H2,1-2H3. The lowest BCUT2D eigenvalue weighted by molar-refractivity contribution is -0.147. The van der Waals surface area contributed by atoms with Crippen molar-refractivity contribution >= 4 is 40.9 Å². The van der Waals surface area contributed by atoms with Crippen LogP contribution in [0.1, 0.15) is 48.7 Å². The molecule has 1 amide bonds. The first-order chi connectivity index (χ1) is 21.2. The number of amides is 1. The number of ether oxygens (including phenoxy) is 1. The van der Waals surface area contributed by atoms with Gasteiger partial charge in [0.15, 0.2) is 5.75 Å². The number of hydroxylamine groups is 1. The van der Waals surface area contributed by atoms with Crippen molar-refractivity contribution in [3.05, 3.63) is 94.1 Å². The largest absolute Gasteiger partial charge is 0.489 e. The Morgan fingerprint density at radius 1 is 1.09 bits per heavy atom. The third-order valence-electron chi connectivity index (χ3n) is 7.25. The van der Waals surface area contributed by atoms with E-state index < -0.39 is 23.6 Å². The summed E-state index contributed by atoms with van der Waals surface area (Å²) in [6.07, 6.45) is 7.37. The third kappa shape index (κ3) is 7.20. The molecule has 1 aliphatic rings. The zero-order valence-electron chi connectivity index (χ0n) is 24.3. The van der Waals surface area contributed by atoms with E-state index in [4.69, 9.17) is 32.8 Å². The van der Waals surface area contributed by atoms with Crippen LogP contribution in [0, 0.1) is 11.7 Å². The minimum absolute atomic E-state index is 0.000850. The van der Waals surface area contributed by atoms with Crippen molar-refractivity contribution in [2.75, 3.05) is 24.8 Å². The molecule has 0 bridgehead atoms. The molecule has 5 rings (SSSR count). The zero-order valence-corrected chi connectivity index (χ0v) is 25.8. The number of hydrogen-bond acceptors (Lipinski definition) is 7. The number of pyridine rings is 1. The lowest BCUT2D eigenvalue weighted by atomic mass is 10.1. The molecular weight excluding hydrogens is 608 g/mol. The molecule has 2 aromatic carbocycles. The van der Waals surface area contributed by atoms with Gasteiger partial charge in [0, 0.05) is 40.5 Å². The fourth-order valence-corrected chi connectivity index (χ4v) is 5.31. The van der Waals surface area contributed by atoms with Gasteiger partial charge in [0.05, 0.1) is 29.8 Å². The van der Waals surface area contributed by atoms with Crippen molar-refractivity contribution in [2.45, 2.75) is 39.2 Å². The number of benzene rings is 2. The zero-order chi connectivity index (χ0) is 31.2. The molecule has 1 fully saturated rings. The maximum Gasteiger partial charge on any atom is 0.335 e. The second kappa shape index (κ2) is 14.2. The monoisotopic (exact) mass is 639 g/mol. The number of carbonyl (C=O) groups excluding carboxylic acids is 2. The molecule has 1 N–H and O–H groups in total. The molecular formula is C32H32Cl2FN5O4. The highest BCUT2D eigenvalue weighted by Gasteiger charge is 2.29. The minimum Gasteiger partial charge on any atom is -0.489 e. The molecule has 4 aromatic rings. The predicted octanol–water partition coefficient (Wildman–Crippen LogP) is 6.70. The summed E-state index contributed by atoms with van der Waals surface area (Å²) in [5.41, 5.74) is 2.13. The Morgan fingerprint density at radius 3 is 2.57 bits per heavy atom. The topological polar surface area (TPSA) is 98.6 Å². The van der Waals surface area contributed by atoms with Gasteiger partial charge in [-0.25, -0.2) is 14.2 Å². The van der Waals surface area contributed by atoms with Crippen LogP contribution in [0.5, 0.6) is 5.75 Å². The summed E-state index contributed by atoms with van der Waals surface area (Å²) in [5.74, 6) is -2.24. The summed E-state index contributed by atoms with van der Waals surface area (Å²) in [5, 5.41) is 8.99. The maximum atomic E-state index is 14.1. The molecule has 0 spiro atoms. The van der Waals surface area contributed by atoms with E-state index in [1.54, 1.807) is 62.6 Å². The van der Waals surface area contributed by atoms with Gasteiger partial charge >= 0.3 is 5.97 Å². The first-order valence-corrected chi connectivity index (χ1v) is 15.1. The second-order valence-electron chi connectivity index (χ2n) is 10.7. The van der Waals surface area contributed by atoms with Crippen molar-refractivity contribution in [3.8, 4) is 16.9 Å². The lowest BCUT2D eigenvalue weighted by Crippen LogP contribution is -2.36. The van der Waals surface area contributed by atoms with Gasteiger partial charge in [0.1, 0.15) is 5.82 Å². The molecule has 9 nitrogen and oxygen atoms in total. The van der Waals surface area contributed by atoms with Crippen LogP contribution in [0.15, 0.2) is 67.1 Å². The van der Waals surface area contributed by atoms with Crippen molar-refractivity contribution in [2.24, 2.45) is 5.92 Å². The summed E-state index contributed by atoms with van der Waals surface area (Å²) >= 11 is 12.5. The molecule has 1 saturated heterocycles. The fourth-order valence-electron chi connectivity index (χ4n) is 4.75. The molecule has 12 heteroatoms. The molecule has 0 radical (unpaired) electrons. The van der Waals surface area contributed by atoms with Crippen LogP contribution < -0.4 is 15.1 Å². The average Bonchev–Trinajstić information content (AvgIpc) is 3.54. The van der Waals surface area contributed by atoms with Gasteiger partial charge in [-0.05, 0) is 61.8 Å². The summed E-state index contributed by atoms with van der Waals surface area (Å²) < 4.78 is 22.3. The third-order valence-corrected chi connectivity index (χ3v) is 8.01. The molecule has 0 aliphatic carbocycles. The quantitative estimate of drug-likeness (QED) is 0.161. The van der Waals surface area contributed by atoms with Crippen molar-refractivity contribution in [1.82, 2.24) is 20.1 Å². The first-order valence-electron chi connectivity index (χ1n) is 14.3. The van der Waals surface area contributed by atoms with E-state index in [1.807, 2.05) is 10.9 Å². The van der Waals surface area contributed by atoms with E-state index in [0.717, 1.165) is 36.6 Å². The van der Waals surface area contributed by atoms with E-state index in [1.165, 1.54) is 12.1 Å². The summed E-state index contributed by atoms with van der Waals surface area (Å²) in [6, 6.07) is 13.0. The summed E-state index contributed by atoms with van der Waals surface area (Å²) in [4.78, 5) is 36.6. The summed E-state index contributed by atoms with van der Waals surface area (Å²) in [6.45, 7) is 5.17. The van der Waals surface area contributed by atoms with E-state index in [2.05, 4.69) is 15.4 Å². The maximum absolute atomic E-state index is 14.1. The number of carbonyl (C=O) groups is 2. The van der Waals surface area contributed by atoms with Gasteiger partial charge in [0.2, 0.25) is 5.82 Å². The number of nitrogens with one attached hydrogen (secondary N) is 1. The van der Waals surface area contributed by atoms with Gasteiger partial charge < -0.3 is 14.9 Å². The van der Waals surface area contributed by atoms with Gasteiger partial charge in [-0.1, -0.05) is 55.2 Å². The molecule has 1 aliphatic heterocycles. The highest BCUT2D eigenvalue weighted by atomic mass is 35.5. The Balaban J connectivity index is 1.51. The Labute approximate surface area is 264 Å². The Kier molecular flexibility index (Phi) is 10.1. The number of hydrogen-bond donors (Lipinski definition) is 1. The van der Waals surface area contributed by atoms with E-state index in [-0.39, 0.29) is 41.2 Å². The Hall–Kier alpha value is -3.99. The molecule has 0 atom stereocenters. The van der Waals surface area contributed by atoms with Crippen LogP contribution in [-0.4, -0.2) is 46.3 Å². The highest BCUT2D eigenvalue weighted by molar-refractivity contribution is 6.36. The van der Waals surface area contributed by atoms with Gasteiger partial charge in [0.25, 0.3) is 5.91 Å². The minimum atomic E-state index is -0.632. The van der Waals surface area contributed by atoms with E-state index >= 15 is 0 Å². The van der Waals surface area contributed by atoms with Gasteiger partial charge in [-0.2, -0.15) is 5.10 Å². The number of halogens is 3. The Bertz CT molecular complexity index is 1630. The number of piperidine rings is 1. The molecule has 2 aromatic heterocycles. The van der Waals surface area contributed by atoms with E-state index in [9.17, 15) is 14.0 Å². The lowest BCUT2D eigenvalue weighted by Gasteiger charge is -2.24. The molecule has 44 heavy (non-hydrogen) atoms. The number of anilines is 1. The van der Waals surface area contributed by atoms with Crippen molar-refractivity contribution in [1.29, 1.82) is 0 Å². The van der Waals surface area contributed by atoms with Crippen LogP contribution in [0.2, 0.25) is 10.0 Å². The molecule has 3 heterocycles. The van der Waals surface area contributed by atoms with Gasteiger partial charge in [-0.3, -0.25) is 9.48 Å². The number of rotatable bonds is 9. The van der Waals surface area contributed by atoms with Crippen LogP contribution in [0.4, 0.5) is 10.2 Å². The normalized spacial score (nSPS) is 13.6. The van der Waals surface area contributed by atoms with Crippen LogP contribution in [0.3, 0.4) is 0 Å². The highest BCUT2D eigenvalue weighted by Crippen LogP contribution is 2.34. The Morgan fingerprint density at radius 2 is 1.84 bits per heavy atom. The van der Waals surface area contributed by atoms with Crippen molar-refractivity contribution < 1.29 is 23.6 Å². The van der Waals surface area contributed by atoms with E-state index in [0.29, 0.717) is 16.1 Å². The van der Waals surface area contributed by atoms with Crippen LogP contribution in [0.25, 0.3) is 11.1 Å². The second-order valence-corrected chi connectivity index (χ2v) is 11.5. The fraction of sp³-hybridized carbons (Fsp3) is 0.312. The predicted molar refractivity (Wildman–Crippen MR) is 166 cm³/mol. The van der Waals surface area contributed by atoms with Crippen LogP contribution >= 0.6 is 23.2 Å². The van der Waals surface area contributed by atoms with Gasteiger partial charge in [-0.15, -0.1) is 5.06 Å². The van der Waals surface area contributed by atoms with Crippen LogP contribution in [-0.2, 0) is 16.1 Å². The SMILES string of the molecule is CC(C)C(=O)ON(C(=O)c1ccccc1)c1ncc(-c2cnn(C3CCNCC3)c2)cc1OCCc1c(Cl)ccc(F)c1Cl. The number of aromatic nitrogens is 3. The number of nitrogens with zero attached hydrogens (tertiary/aromatic N) is 4. The average molecular weight is 641 g/mol. The molecule has 0 unspecified atom stereocenters.